The monoisotopic (exact) mass is 919 g/mol. The van der Waals surface area contributed by atoms with Crippen LogP contribution in [0.15, 0.2) is 0 Å². The maximum Gasteiger partial charge on any atom is 0.306 e. The van der Waals surface area contributed by atoms with E-state index in [2.05, 4.69) is 34.6 Å². The van der Waals surface area contributed by atoms with Crippen LogP contribution in [-0.2, 0) is 28.6 Å². The normalized spacial score (nSPS) is 12.0. The van der Waals surface area contributed by atoms with Gasteiger partial charge in [-0.1, -0.05) is 291 Å². The fraction of sp³-hybridized carbons (Fsp3) is 0.949. The second kappa shape index (κ2) is 51.8. The summed E-state index contributed by atoms with van der Waals surface area (Å²) in [4.78, 5) is 38.1. The highest BCUT2D eigenvalue weighted by Gasteiger charge is 2.19. The quantitative estimate of drug-likeness (QED) is 0.0344. The van der Waals surface area contributed by atoms with Gasteiger partial charge in [0.05, 0.1) is 0 Å². The lowest BCUT2D eigenvalue weighted by Crippen LogP contribution is -2.30. The van der Waals surface area contributed by atoms with Crippen molar-refractivity contribution in [1.29, 1.82) is 0 Å². The molecule has 0 aliphatic heterocycles. The van der Waals surface area contributed by atoms with E-state index >= 15 is 0 Å². The third-order valence-corrected chi connectivity index (χ3v) is 13.5. The van der Waals surface area contributed by atoms with Crippen molar-refractivity contribution in [3.8, 4) is 0 Å². The van der Waals surface area contributed by atoms with Crippen molar-refractivity contribution < 1.29 is 28.6 Å². The first-order valence-electron chi connectivity index (χ1n) is 29.2. The van der Waals surface area contributed by atoms with E-state index in [9.17, 15) is 14.4 Å². The largest absolute Gasteiger partial charge is 0.462 e. The Balaban J connectivity index is 4.28. The number of rotatable bonds is 53. The number of carbonyl (C=O) groups is 3. The Kier molecular flexibility index (Phi) is 50.5. The molecule has 6 heteroatoms. The van der Waals surface area contributed by atoms with Crippen LogP contribution in [0.1, 0.15) is 330 Å². The average molecular weight is 920 g/mol. The van der Waals surface area contributed by atoms with Crippen molar-refractivity contribution in [3.63, 3.8) is 0 Å². The lowest BCUT2D eigenvalue weighted by atomic mass is 10.0. The number of ether oxygens (including phenoxy) is 3. The van der Waals surface area contributed by atoms with Gasteiger partial charge >= 0.3 is 17.9 Å². The summed E-state index contributed by atoms with van der Waals surface area (Å²) in [6.07, 6.45) is 55.2. The van der Waals surface area contributed by atoms with Gasteiger partial charge in [-0.25, -0.2) is 0 Å². The van der Waals surface area contributed by atoms with E-state index in [4.69, 9.17) is 14.2 Å². The molecule has 0 aromatic heterocycles. The van der Waals surface area contributed by atoms with Crippen molar-refractivity contribution in [2.45, 2.75) is 336 Å². The number of unbranched alkanes of at least 4 members (excludes halogenated alkanes) is 38. The first-order valence-corrected chi connectivity index (χ1v) is 29.2. The zero-order chi connectivity index (χ0) is 47.5. The summed E-state index contributed by atoms with van der Waals surface area (Å²) in [6.45, 7) is 11.4. The maximum absolute atomic E-state index is 12.9. The molecule has 0 aromatic carbocycles. The van der Waals surface area contributed by atoms with E-state index in [1.807, 2.05) is 0 Å². The summed E-state index contributed by atoms with van der Waals surface area (Å²) >= 11 is 0. The van der Waals surface area contributed by atoms with Gasteiger partial charge in [-0.3, -0.25) is 14.4 Å². The molecule has 6 nitrogen and oxygen atoms in total. The zero-order valence-corrected chi connectivity index (χ0v) is 44.6. The minimum atomic E-state index is -0.763. The van der Waals surface area contributed by atoms with Crippen molar-refractivity contribution in [2.75, 3.05) is 13.2 Å². The van der Waals surface area contributed by atoms with Gasteiger partial charge in [0.25, 0.3) is 0 Å². The van der Waals surface area contributed by atoms with Gasteiger partial charge in [-0.15, -0.1) is 0 Å². The number of carbonyl (C=O) groups excluding carboxylic acids is 3. The number of esters is 3. The fourth-order valence-electron chi connectivity index (χ4n) is 9.05. The Morgan fingerprint density at radius 3 is 0.754 bits per heavy atom. The van der Waals surface area contributed by atoms with E-state index in [0.717, 1.165) is 69.6 Å². The summed E-state index contributed by atoms with van der Waals surface area (Å²) in [5.74, 6) is 0.817. The highest BCUT2D eigenvalue weighted by atomic mass is 16.6. The van der Waals surface area contributed by atoms with Gasteiger partial charge in [-0.2, -0.15) is 0 Å². The molecule has 0 heterocycles. The van der Waals surface area contributed by atoms with Crippen molar-refractivity contribution in [1.82, 2.24) is 0 Å². The molecule has 0 aromatic rings. The van der Waals surface area contributed by atoms with E-state index in [1.54, 1.807) is 0 Å². The Morgan fingerprint density at radius 2 is 0.508 bits per heavy atom. The van der Waals surface area contributed by atoms with E-state index < -0.39 is 6.10 Å². The predicted molar refractivity (Wildman–Crippen MR) is 280 cm³/mol. The van der Waals surface area contributed by atoms with Crippen LogP contribution in [-0.4, -0.2) is 37.2 Å². The molecule has 0 N–H and O–H groups in total. The molecule has 0 saturated heterocycles. The molecule has 0 aliphatic carbocycles. The van der Waals surface area contributed by atoms with Gasteiger partial charge in [-0.05, 0) is 31.1 Å². The molecule has 0 radical (unpaired) electrons. The summed E-state index contributed by atoms with van der Waals surface area (Å²) in [7, 11) is 0. The summed E-state index contributed by atoms with van der Waals surface area (Å²) < 4.78 is 16.9. The van der Waals surface area contributed by atoms with Crippen molar-refractivity contribution in [2.24, 2.45) is 11.8 Å². The van der Waals surface area contributed by atoms with Gasteiger partial charge in [0, 0.05) is 19.3 Å². The van der Waals surface area contributed by atoms with E-state index in [1.165, 1.54) is 218 Å². The zero-order valence-electron chi connectivity index (χ0n) is 44.6. The van der Waals surface area contributed by atoms with Crippen molar-refractivity contribution in [3.05, 3.63) is 0 Å². The molecular weight excluding hydrogens is 805 g/mol. The molecule has 0 saturated carbocycles. The molecule has 0 bridgehead atoms. The molecular formula is C59H114O6. The van der Waals surface area contributed by atoms with Crippen LogP contribution >= 0.6 is 0 Å². The van der Waals surface area contributed by atoms with E-state index in [-0.39, 0.29) is 31.1 Å². The maximum atomic E-state index is 12.9. The van der Waals surface area contributed by atoms with Gasteiger partial charge in [0.1, 0.15) is 13.2 Å². The van der Waals surface area contributed by atoms with Crippen LogP contribution in [0.4, 0.5) is 0 Å². The van der Waals surface area contributed by atoms with E-state index in [0.29, 0.717) is 19.3 Å². The van der Waals surface area contributed by atoms with Crippen LogP contribution in [0.3, 0.4) is 0 Å². The molecule has 386 valence electrons. The van der Waals surface area contributed by atoms with Crippen LogP contribution in [0, 0.1) is 11.8 Å². The smallest absolute Gasteiger partial charge is 0.306 e. The van der Waals surface area contributed by atoms with Crippen LogP contribution in [0.5, 0.6) is 0 Å². The molecule has 65 heavy (non-hydrogen) atoms. The fourth-order valence-corrected chi connectivity index (χ4v) is 9.05. The summed E-state index contributed by atoms with van der Waals surface area (Å²) in [5.41, 5.74) is 0. The second-order valence-electron chi connectivity index (χ2n) is 21.2. The third kappa shape index (κ3) is 53.2. The number of hydrogen-bond donors (Lipinski definition) is 0. The Hall–Kier alpha value is -1.59. The second-order valence-corrected chi connectivity index (χ2v) is 21.2. The lowest BCUT2D eigenvalue weighted by molar-refractivity contribution is -0.167. The summed E-state index contributed by atoms with van der Waals surface area (Å²) in [6, 6.07) is 0. The standard InChI is InChI=1S/C59H114O6/c1-6-7-8-9-10-11-12-13-14-15-16-17-20-23-29-34-39-44-49-57(60)63-52-56(53-64-58(61)50-45-40-35-30-26-25-28-33-38-43-48-55(4)5)65-59(62)51-46-41-36-31-24-21-18-19-22-27-32-37-42-47-54(2)3/h54-56H,6-53H2,1-5H3/t56-/m1/s1. The number of hydrogen-bond acceptors (Lipinski definition) is 6. The highest BCUT2D eigenvalue weighted by Crippen LogP contribution is 2.18. The van der Waals surface area contributed by atoms with Gasteiger partial charge < -0.3 is 14.2 Å². The first-order chi connectivity index (χ1) is 31.7. The molecule has 0 fully saturated rings. The molecule has 1 atom stereocenters. The molecule has 0 rings (SSSR count). The minimum absolute atomic E-state index is 0.0627. The Labute approximate surface area is 406 Å². The lowest BCUT2D eigenvalue weighted by Gasteiger charge is -2.18. The van der Waals surface area contributed by atoms with Crippen LogP contribution in [0.2, 0.25) is 0 Å². The molecule has 0 spiro atoms. The molecule has 0 aliphatic rings. The Morgan fingerprint density at radius 1 is 0.292 bits per heavy atom. The average Bonchev–Trinajstić information content (AvgIpc) is 3.28. The van der Waals surface area contributed by atoms with Crippen LogP contribution < -0.4 is 0 Å². The van der Waals surface area contributed by atoms with Crippen molar-refractivity contribution >= 4 is 17.9 Å². The topological polar surface area (TPSA) is 78.9 Å². The first kappa shape index (κ1) is 63.4. The highest BCUT2D eigenvalue weighted by molar-refractivity contribution is 5.71. The minimum Gasteiger partial charge on any atom is -0.462 e. The predicted octanol–water partition coefficient (Wildman–Crippen LogP) is 19.3. The van der Waals surface area contributed by atoms with Gasteiger partial charge in [0.15, 0.2) is 6.10 Å². The Bertz CT molecular complexity index is 993. The van der Waals surface area contributed by atoms with Gasteiger partial charge in [0.2, 0.25) is 0 Å². The SMILES string of the molecule is CCCCCCCCCCCCCCCCCCCCC(=O)OC[C@H](COC(=O)CCCCCCCCCCCCC(C)C)OC(=O)CCCCCCCCCCCCCCCC(C)C. The van der Waals surface area contributed by atoms with Crippen LogP contribution in [0.25, 0.3) is 0 Å². The molecule has 0 unspecified atom stereocenters. The third-order valence-electron chi connectivity index (χ3n) is 13.5. The molecule has 0 amide bonds. The summed E-state index contributed by atoms with van der Waals surface area (Å²) in [5, 5.41) is 0.